The first-order valence-electron chi connectivity index (χ1n) is 32.3. The van der Waals surface area contributed by atoms with Crippen LogP contribution in [0.25, 0.3) is 0 Å². The molecule has 0 saturated carbocycles. The second kappa shape index (κ2) is 60.3. The van der Waals surface area contributed by atoms with Crippen molar-refractivity contribution >= 4 is 199 Å². The van der Waals surface area contributed by atoms with Crippen LogP contribution < -0.4 is 55.9 Å². The molecule has 30 nitrogen and oxygen atoms in total. The number of aliphatic hydroxyl groups is 2. The van der Waals surface area contributed by atoms with Crippen LogP contribution >= 0.6 is 22.3 Å². The molecule has 5 aromatic rings. The number of nitrogens with one attached hydrogen (secondary N) is 2. The predicted molar refractivity (Wildman–Crippen MR) is 462 cm³/mol. The van der Waals surface area contributed by atoms with Crippen LogP contribution in [0.3, 0.4) is 0 Å². The second-order valence-corrected chi connectivity index (χ2v) is 30.8. The van der Waals surface area contributed by atoms with Gasteiger partial charge >= 0.3 is 66.2 Å². The minimum absolute atomic E-state index is 0. The van der Waals surface area contributed by atoms with E-state index in [1.54, 1.807) is 162 Å². The van der Waals surface area contributed by atoms with Gasteiger partial charge in [0.25, 0.3) is 9.05 Å². The summed E-state index contributed by atoms with van der Waals surface area (Å²) < 4.78 is 55.8. The first-order chi connectivity index (χ1) is 48.9. The third-order valence-electron chi connectivity index (χ3n) is 11.0. The van der Waals surface area contributed by atoms with E-state index in [-0.39, 0.29) is 109 Å². The predicted octanol–water partition coefficient (Wildman–Crippen LogP) is 5.39. The molecule has 4 heterocycles. The molecule has 6 N–H and O–H groups in total. The van der Waals surface area contributed by atoms with Gasteiger partial charge in [0.05, 0.1) is 24.0 Å². The minimum Gasteiger partial charge on any atom is -0.857 e. The van der Waals surface area contributed by atoms with Crippen molar-refractivity contribution in [1.82, 2.24) is 39.9 Å². The molecule has 4 amide bonds. The summed E-state index contributed by atoms with van der Waals surface area (Å²) in [6.07, 6.45) is 3.97. The van der Waals surface area contributed by atoms with Gasteiger partial charge in [-0.1, -0.05) is 61.8 Å². The maximum Gasteiger partial charge on any atom is 1.00 e. The Morgan fingerprint density at radius 1 is 0.513 bits per heavy atom. The fourth-order valence-corrected chi connectivity index (χ4v) is 7.61. The Hall–Kier alpha value is -6.26. The van der Waals surface area contributed by atoms with Crippen LogP contribution in [-0.2, 0) is 67.7 Å². The summed E-state index contributed by atoms with van der Waals surface area (Å²) in [5.74, 6) is 0.833. The standard InChI is InChI=1S/C16H25N3O4.C10H14ClN3O2.C10H15N3O3.C10H18O5.C7H7ClO2S.C5H7N3O.CH3O.5CH4.B15.Na/c1-8-11-9-17-12(18-10-11)19(13(20)22-15(2,3)4)14(21)23-16(5,6)7;1-10(2,3)16-9(15)14-8-12-5-7(4-11)6-13-8;1-10(2,3)16-9(15)13-8-11-4-7(6-14)5-12-8;1-9(2,3)14-7(11)13-8(12)15-10(4,5)6;1-6-2-4-7(5-3-6)11(8,9)10;6-5-7-1-4(3-9)2-8-5;1-2;;;;;;1-9-13(8)15(12(6)7)14(10(2)3)11(4)5;/h9-10H,8H2,1-7H3;5-6H,4H2,1-3H3,(H,12,13,14,15);4-5,14H,6H2,1-3H3,(H,11,12,13,15);1-6H3;2-5H,1H3;1-2,9H,3H2,(H2,6,7,8);1H3;5*1H4;;/q;;;;;;-1;;;;;;;+1. The van der Waals surface area contributed by atoms with Crippen LogP contribution in [-0.4, -0.2) is 243 Å². The summed E-state index contributed by atoms with van der Waals surface area (Å²) in [6.45, 7) is 34.6. The van der Waals surface area contributed by atoms with Gasteiger partial charge < -0.3 is 54.2 Å². The van der Waals surface area contributed by atoms with E-state index in [0.717, 1.165) is 30.2 Å². The molecule has 0 bridgehead atoms. The average Bonchev–Trinajstić information content (AvgIpc) is 0.833. The number of anilines is 4. The Bertz CT molecular complexity index is 3420. The number of nitrogen functional groups attached to an aromatic ring is 1. The molecule has 0 aliphatic rings. The van der Waals surface area contributed by atoms with Crippen LogP contribution in [0.5, 0.6) is 0 Å². The normalized spacial score (nSPS) is 10.2. The first-order valence-corrected chi connectivity index (χ1v) is 35.2. The average molecular weight is 1620 g/mol. The number of nitrogens with two attached hydrogens (primary N) is 1. The number of rotatable bonds is 14. The topological polar surface area (TPSA) is 421 Å². The molecular weight excluding hydrogens is 1510 g/mol. The van der Waals surface area contributed by atoms with E-state index < -0.39 is 118 Å². The van der Waals surface area contributed by atoms with E-state index in [2.05, 4.69) is 55.2 Å². The van der Waals surface area contributed by atoms with Gasteiger partial charge in [-0.15, -0.1) is 16.5 Å². The van der Waals surface area contributed by atoms with Gasteiger partial charge in [0.15, 0.2) is 0 Å². The van der Waals surface area contributed by atoms with E-state index in [0.29, 0.717) is 21.9 Å². The van der Waals surface area contributed by atoms with E-state index >= 15 is 0 Å². The van der Waals surface area contributed by atoms with Gasteiger partial charge in [0.1, 0.15) is 33.6 Å². The maximum atomic E-state index is 12.4. The summed E-state index contributed by atoms with van der Waals surface area (Å²) in [7, 11) is 48.1. The molecule has 0 unspecified atom stereocenters. The zero-order valence-corrected chi connectivity index (χ0v) is 69.9. The maximum absolute atomic E-state index is 12.4. The molecule has 0 spiro atoms. The van der Waals surface area contributed by atoms with Crippen molar-refractivity contribution < 1.29 is 115 Å². The quantitative estimate of drug-likeness (QED) is 0.0232. The summed E-state index contributed by atoms with van der Waals surface area (Å²) in [5.41, 5.74) is 5.10. The molecule has 599 valence electrons. The Morgan fingerprint density at radius 3 is 1.06 bits per heavy atom. The molecule has 0 saturated heterocycles. The number of carbonyl (C=O) groups is 6. The van der Waals surface area contributed by atoms with Crippen molar-refractivity contribution in [3.63, 3.8) is 0 Å². The molecule has 1 aromatic carbocycles. The van der Waals surface area contributed by atoms with Gasteiger partial charge in [-0.25, -0.2) is 77.1 Å². The number of hydrogen-bond donors (Lipinski definition) is 5. The number of carbonyl (C=O) groups excluding carboxylic acids is 6. The van der Waals surface area contributed by atoms with Crippen LogP contribution in [0.1, 0.15) is 197 Å². The van der Waals surface area contributed by atoms with Crippen molar-refractivity contribution in [1.29, 1.82) is 0 Å². The Labute approximate surface area is 718 Å². The zero-order valence-electron chi connectivity index (χ0n) is 65.6. The Morgan fingerprint density at radius 2 is 0.805 bits per heavy atom. The summed E-state index contributed by atoms with van der Waals surface area (Å²) >= 11 is 5.58. The van der Waals surface area contributed by atoms with Crippen molar-refractivity contribution in [2.45, 2.75) is 240 Å². The number of aromatic nitrogens is 8. The minimum atomic E-state index is -3.55. The number of hydrogen-bond acceptors (Lipinski definition) is 27. The number of ether oxygens (including phenoxy) is 7. The van der Waals surface area contributed by atoms with Gasteiger partial charge in [-0.3, -0.25) is 10.6 Å². The molecule has 113 heavy (non-hydrogen) atoms. The third kappa shape index (κ3) is 63.6. The zero-order chi connectivity index (χ0) is 83.8. The van der Waals surface area contributed by atoms with E-state index in [1.165, 1.54) is 44.0 Å². The van der Waals surface area contributed by atoms with Crippen LogP contribution in [0, 0.1) is 6.92 Å². The molecular formula is C64H109B15Cl2N12NaO18S. The monoisotopic (exact) mass is 1620 g/mol. The van der Waals surface area contributed by atoms with E-state index in [9.17, 15) is 37.2 Å². The molecule has 0 aliphatic heterocycles. The van der Waals surface area contributed by atoms with Crippen LogP contribution in [0.2, 0.25) is 0 Å². The molecule has 17 radical (unpaired) electrons. The van der Waals surface area contributed by atoms with Crippen molar-refractivity contribution in [3.8, 4) is 0 Å². The van der Waals surface area contributed by atoms with Crippen molar-refractivity contribution in [3.05, 3.63) is 102 Å². The number of amides is 4. The van der Waals surface area contributed by atoms with E-state index in [4.69, 9.17) is 134 Å². The van der Waals surface area contributed by atoms with Gasteiger partial charge in [0, 0.05) is 184 Å². The van der Waals surface area contributed by atoms with Gasteiger partial charge in [-0.05, 0) is 156 Å². The first kappa shape index (κ1) is 125. The number of halogens is 2. The molecule has 4 aromatic heterocycles. The fourth-order valence-electron chi connectivity index (χ4n) is 6.70. The number of alkyl halides is 1. The third-order valence-corrected chi connectivity index (χ3v) is 12.7. The molecule has 0 aliphatic carbocycles. The SMILES string of the molecule is C.C.C.C.C.CC(C)(C)OC(=O)Nc1ncc(CCl)cn1.CC(C)(C)OC(=O)Nc1ncc(CO)cn1.CC(C)(C)OC(=O)OC(=O)OC(C)(C)C.CCc1cnc(N(C(=O)OC(C)(C)C)C(=O)OC(C)(C)C)nc1.C[O-].Cc1ccc(S(=O)(=O)Cl)cc1.Nc1ncc(CO)cn1.[B][B]B([B])B(B([B])[B])B(B([B])[B])B([B])[B].[Na+]. The van der Waals surface area contributed by atoms with Gasteiger partial charge in [0.2, 0.25) is 23.8 Å². The van der Waals surface area contributed by atoms with E-state index in [1.807, 2.05) is 13.8 Å². The Balaban J connectivity index is -0.000000160. The van der Waals surface area contributed by atoms with Gasteiger partial charge in [-0.2, -0.15) is 7.11 Å². The van der Waals surface area contributed by atoms with Crippen molar-refractivity contribution in [2.24, 2.45) is 0 Å². The summed E-state index contributed by atoms with van der Waals surface area (Å²) in [5, 5.41) is 30.3. The second-order valence-electron chi connectivity index (χ2n) is 28.0. The van der Waals surface area contributed by atoms with Crippen LogP contribution in [0.15, 0.2) is 78.7 Å². The smallest absolute Gasteiger partial charge is 0.857 e. The molecule has 49 heteroatoms. The number of benzene rings is 1. The van der Waals surface area contributed by atoms with Crippen molar-refractivity contribution in [2.75, 3.05) is 28.4 Å². The molecule has 0 atom stereocenters. The largest absolute Gasteiger partial charge is 1.00 e. The number of nitrogens with zero attached hydrogens (tertiary/aromatic N) is 9. The molecule has 5 rings (SSSR count). The number of aliphatic hydroxyl groups excluding tert-OH is 2. The van der Waals surface area contributed by atoms with Crippen LogP contribution in [0.4, 0.5) is 52.6 Å². The summed E-state index contributed by atoms with van der Waals surface area (Å²) in [6, 6.07) is 6.37. The number of aryl methyl sites for hydroxylation is 2. The molecule has 0 fully saturated rings. The fraction of sp³-hybridized carbons (Fsp3) is 0.562. The summed E-state index contributed by atoms with van der Waals surface area (Å²) in [4.78, 5) is 101. The Kier molecular flexibility index (Phi) is 66.6. The number of imide groups is 1.